The summed E-state index contributed by atoms with van der Waals surface area (Å²) >= 11 is 0. The van der Waals surface area contributed by atoms with Gasteiger partial charge in [0.25, 0.3) is 11.6 Å². The summed E-state index contributed by atoms with van der Waals surface area (Å²) in [5.74, 6) is -1.39. The summed E-state index contributed by atoms with van der Waals surface area (Å²) in [7, 11) is 1.41. The van der Waals surface area contributed by atoms with Crippen molar-refractivity contribution in [1.29, 1.82) is 0 Å². The number of nitrogens with zero attached hydrogens (tertiary/aromatic N) is 1. The molecule has 0 spiro atoms. The molecular weight excluding hydrogens is 304 g/mol. The standard InChI is InChI=1S/C15H18N2O6/c1-23-11-6-7-13(17(21)22)12(8-11)14(18)16-10-4-2-9(3-5-10)15(19)20/h6-10H,2-5H2,1H3,(H,16,18)(H,19,20). The van der Waals surface area contributed by atoms with E-state index in [1.807, 2.05) is 0 Å². The summed E-state index contributed by atoms with van der Waals surface area (Å²) in [6.45, 7) is 0. The van der Waals surface area contributed by atoms with Gasteiger partial charge in [-0.3, -0.25) is 19.7 Å². The van der Waals surface area contributed by atoms with E-state index in [0.717, 1.165) is 0 Å². The van der Waals surface area contributed by atoms with Gasteiger partial charge in [-0.25, -0.2) is 0 Å². The number of carboxylic acids is 1. The van der Waals surface area contributed by atoms with Gasteiger partial charge in [0.15, 0.2) is 0 Å². The van der Waals surface area contributed by atoms with E-state index in [9.17, 15) is 19.7 Å². The van der Waals surface area contributed by atoms with Gasteiger partial charge < -0.3 is 15.2 Å². The van der Waals surface area contributed by atoms with Crippen LogP contribution in [0.1, 0.15) is 36.0 Å². The minimum atomic E-state index is -0.821. The van der Waals surface area contributed by atoms with Crippen molar-refractivity contribution in [2.45, 2.75) is 31.7 Å². The first-order valence-corrected chi connectivity index (χ1v) is 7.28. The molecule has 1 fully saturated rings. The summed E-state index contributed by atoms with van der Waals surface area (Å²) in [6, 6.07) is 3.81. The van der Waals surface area contributed by atoms with E-state index in [2.05, 4.69) is 5.32 Å². The van der Waals surface area contributed by atoms with Crippen LogP contribution >= 0.6 is 0 Å². The summed E-state index contributed by atoms with van der Waals surface area (Å²) in [5, 5.41) is 22.8. The molecule has 23 heavy (non-hydrogen) atoms. The van der Waals surface area contributed by atoms with Crippen molar-refractivity contribution in [3.63, 3.8) is 0 Å². The highest BCUT2D eigenvalue weighted by atomic mass is 16.6. The second kappa shape index (κ2) is 7.08. The molecule has 1 aromatic carbocycles. The van der Waals surface area contributed by atoms with Gasteiger partial charge in [-0.05, 0) is 37.8 Å². The van der Waals surface area contributed by atoms with Crippen molar-refractivity contribution in [2.24, 2.45) is 5.92 Å². The minimum absolute atomic E-state index is 0.0605. The monoisotopic (exact) mass is 322 g/mol. The number of nitrogens with one attached hydrogen (secondary N) is 1. The van der Waals surface area contributed by atoms with Crippen LogP contribution in [0.25, 0.3) is 0 Å². The van der Waals surface area contributed by atoms with Crippen LogP contribution in [0.4, 0.5) is 5.69 Å². The van der Waals surface area contributed by atoms with Crippen LogP contribution in [0.15, 0.2) is 18.2 Å². The number of aliphatic carboxylic acids is 1. The quantitative estimate of drug-likeness (QED) is 0.632. The number of methoxy groups -OCH3 is 1. The smallest absolute Gasteiger partial charge is 0.306 e. The zero-order chi connectivity index (χ0) is 17.0. The van der Waals surface area contributed by atoms with Crippen LogP contribution in [-0.4, -0.2) is 35.1 Å². The number of benzene rings is 1. The molecule has 0 atom stereocenters. The van der Waals surface area contributed by atoms with Crippen LogP contribution in [0.3, 0.4) is 0 Å². The number of hydrogen-bond donors (Lipinski definition) is 2. The van der Waals surface area contributed by atoms with E-state index < -0.39 is 16.8 Å². The fourth-order valence-electron chi connectivity index (χ4n) is 2.73. The second-order valence-corrected chi connectivity index (χ2v) is 5.50. The van der Waals surface area contributed by atoms with Crippen LogP contribution in [-0.2, 0) is 4.79 Å². The lowest BCUT2D eigenvalue weighted by Crippen LogP contribution is -2.38. The maximum Gasteiger partial charge on any atom is 0.306 e. The molecule has 1 saturated carbocycles. The molecule has 0 radical (unpaired) electrons. The number of rotatable bonds is 5. The molecule has 1 amide bonds. The molecule has 0 aliphatic heterocycles. The number of amides is 1. The van der Waals surface area contributed by atoms with E-state index >= 15 is 0 Å². The average molecular weight is 322 g/mol. The highest BCUT2D eigenvalue weighted by Gasteiger charge is 2.28. The number of carboxylic acid groups (broad SMARTS) is 1. The number of ether oxygens (including phenoxy) is 1. The Morgan fingerprint density at radius 2 is 1.96 bits per heavy atom. The van der Waals surface area contributed by atoms with Crippen LogP contribution in [0.2, 0.25) is 0 Å². The van der Waals surface area contributed by atoms with Crippen LogP contribution in [0, 0.1) is 16.0 Å². The molecular formula is C15H18N2O6. The molecule has 1 aromatic rings. The van der Waals surface area contributed by atoms with Gasteiger partial charge in [0.05, 0.1) is 18.0 Å². The SMILES string of the molecule is COc1ccc([N+](=O)[O-])c(C(=O)NC2CCC(C(=O)O)CC2)c1. The van der Waals surface area contributed by atoms with Crippen molar-refractivity contribution in [3.8, 4) is 5.75 Å². The Bertz CT molecular complexity index is 622. The number of carbonyl (C=O) groups excluding carboxylic acids is 1. The second-order valence-electron chi connectivity index (χ2n) is 5.50. The molecule has 0 heterocycles. The highest BCUT2D eigenvalue weighted by molar-refractivity contribution is 5.98. The molecule has 0 saturated heterocycles. The predicted octanol–water partition coefficient (Wildman–Crippen LogP) is 1.98. The molecule has 2 rings (SSSR count). The third-order valence-corrected chi connectivity index (χ3v) is 4.06. The topological polar surface area (TPSA) is 119 Å². The number of carbonyl (C=O) groups is 2. The fourth-order valence-corrected chi connectivity index (χ4v) is 2.73. The van der Waals surface area contributed by atoms with E-state index in [1.54, 1.807) is 0 Å². The lowest BCUT2D eigenvalue weighted by Gasteiger charge is -2.26. The molecule has 0 unspecified atom stereocenters. The summed E-state index contributed by atoms with van der Waals surface area (Å²) in [4.78, 5) is 33.7. The van der Waals surface area contributed by atoms with Gasteiger partial charge >= 0.3 is 5.97 Å². The third kappa shape index (κ3) is 3.97. The molecule has 0 aromatic heterocycles. The van der Waals surface area contributed by atoms with Crippen molar-refractivity contribution in [2.75, 3.05) is 7.11 Å². The van der Waals surface area contributed by atoms with Gasteiger partial charge in [0.2, 0.25) is 0 Å². The van der Waals surface area contributed by atoms with Gasteiger partial charge in [-0.2, -0.15) is 0 Å². The Balaban J connectivity index is 2.09. The summed E-state index contributed by atoms with van der Waals surface area (Å²) in [5.41, 5.74) is -0.350. The van der Waals surface area contributed by atoms with Gasteiger partial charge in [0.1, 0.15) is 11.3 Å². The van der Waals surface area contributed by atoms with E-state index in [0.29, 0.717) is 31.4 Å². The Labute approximate surface area is 132 Å². The molecule has 1 aliphatic carbocycles. The van der Waals surface area contributed by atoms with Gasteiger partial charge in [0, 0.05) is 12.1 Å². The maximum atomic E-state index is 12.3. The number of nitro benzene ring substituents is 1. The average Bonchev–Trinajstić information content (AvgIpc) is 2.54. The molecule has 1 aliphatic rings. The lowest BCUT2D eigenvalue weighted by atomic mass is 9.86. The molecule has 8 nitrogen and oxygen atoms in total. The zero-order valence-electron chi connectivity index (χ0n) is 12.7. The first kappa shape index (κ1) is 16.7. The van der Waals surface area contributed by atoms with Crippen molar-refractivity contribution >= 4 is 17.6 Å². The summed E-state index contributed by atoms with van der Waals surface area (Å²) < 4.78 is 5.00. The van der Waals surface area contributed by atoms with Crippen molar-refractivity contribution in [1.82, 2.24) is 5.32 Å². The van der Waals surface area contributed by atoms with Gasteiger partial charge in [-0.15, -0.1) is 0 Å². The highest BCUT2D eigenvalue weighted by Crippen LogP contribution is 2.27. The van der Waals surface area contributed by atoms with E-state index in [-0.39, 0.29) is 23.2 Å². The maximum absolute atomic E-state index is 12.3. The number of nitro groups is 1. The summed E-state index contributed by atoms with van der Waals surface area (Å²) in [6.07, 6.45) is 2.06. The zero-order valence-corrected chi connectivity index (χ0v) is 12.7. The minimum Gasteiger partial charge on any atom is -0.497 e. The van der Waals surface area contributed by atoms with Crippen molar-refractivity contribution in [3.05, 3.63) is 33.9 Å². The first-order valence-electron chi connectivity index (χ1n) is 7.28. The Hall–Kier alpha value is -2.64. The first-order chi connectivity index (χ1) is 10.9. The number of hydrogen-bond acceptors (Lipinski definition) is 5. The Morgan fingerprint density at radius 3 is 2.48 bits per heavy atom. The molecule has 8 heteroatoms. The third-order valence-electron chi connectivity index (χ3n) is 4.06. The molecule has 0 bridgehead atoms. The molecule has 124 valence electrons. The Morgan fingerprint density at radius 1 is 1.30 bits per heavy atom. The molecule has 2 N–H and O–H groups in total. The fraction of sp³-hybridized carbons (Fsp3) is 0.467. The van der Waals surface area contributed by atoms with Crippen molar-refractivity contribution < 1.29 is 24.4 Å². The van der Waals surface area contributed by atoms with Gasteiger partial charge in [-0.1, -0.05) is 0 Å². The predicted molar refractivity (Wildman–Crippen MR) is 80.5 cm³/mol. The lowest BCUT2D eigenvalue weighted by molar-refractivity contribution is -0.385. The van der Waals surface area contributed by atoms with E-state index in [4.69, 9.17) is 9.84 Å². The Kier molecular flexibility index (Phi) is 5.15. The van der Waals surface area contributed by atoms with E-state index in [1.165, 1.54) is 25.3 Å². The van der Waals surface area contributed by atoms with Crippen LogP contribution in [0.5, 0.6) is 5.75 Å². The normalized spacial score (nSPS) is 20.6. The van der Waals surface area contributed by atoms with Crippen LogP contribution < -0.4 is 10.1 Å². The largest absolute Gasteiger partial charge is 0.497 e.